The van der Waals surface area contributed by atoms with E-state index in [-0.39, 0.29) is 11.6 Å². The summed E-state index contributed by atoms with van der Waals surface area (Å²) in [6.07, 6.45) is 2.89. The maximum Gasteiger partial charge on any atom is 0.335 e. The number of carboxylic acids is 1. The molecule has 1 aliphatic carbocycles. The van der Waals surface area contributed by atoms with E-state index < -0.39 is 18.1 Å². The summed E-state index contributed by atoms with van der Waals surface area (Å²) in [5.41, 5.74) is 0.521. The molecule has 4 N–H and O–H groups in total. The van der Waals surface area contributed by atoms with Crippen LogP contribution in [0.1, 0.15) is 36.0 Å². The minimum Gasteiger partial charge on any atom is -0.478 e. The largest absolute Gasteiger partial charge is 0.478 e. The highest BCUT2D eigenvalue weighted by Gasteiger charge is 2.24. The lowest BCUT2D eigenvalue weighted by Gasteiger charge is -2.28. The number of urea groups is 1. The number of nitrogens with one attached hydrogen (secondary N) is 2. The second-order valence-corrected chi connectivity index (χ2v) is 4.94. The summed E-state index contributed by atoms with van der Waals surface area (Å²) in [7, 11) is 0. The van der Waals surface area contributed by atoms with Gasteiger partial charge in [-0.2, -0.15) is 0 Å². The van der Waals surface area contributed by atoms with Gasteiger partial charge in [0.15, 0.2) is 0 Å². The van der Waals surface area contributed by atoms with Crippen LogP contribution >= 0.6 is 0 Å². The highest BCUT2D eigenvalue weighted by molar-refractivity contribution is 5.93. The molecule has 0 aromatic heterocycles. The van der Waals surface area contributed by atoms with Gasteiger partial charge in [0.05, 0.1) is 17.7 Å². The predicted octanol–water partition coefficient (Wildman–Crippen LogP) is 1.81. The number of benzene rings is 1. The van der Waals surface area contributed by atoms with E-state index in [9.17, 15) is 14.7 Å². The molecule has 2 rings (SSSR count). The third-order valence-corrected chi connectivity index (χ3v) is 3.41. The van der Waals surface area contributed by atoms with Crippen molar-refractivity contribution < 1.29 is 19.8 Å². The first-order valence-electron chi connectivity index (χ1n) is 6.65. The fraction of sp³-hybridized carbons (Fsp3) is 0.429. The molecule has 1 aliphatic rings. The lowest BCUT2D eigenvalue weighted by Crippen LogP contribution is -2.46. The van der Waals surface area contributed by atoms with E-state index >= 15 is 0 Å². The van der Waals surface area contributed by atoms with Crippen molar-refractivity contribution in [2.75, 3.05) is 5.32 Å². The van der Waals surface area contributed by atoms with Crippen LogP contribution in [0.4, 0.5) is 10.5 Å². The Morgan fingerprint density at radius 3 is 2.65 bits per heavy atom. The maximum absolute atomic E-state index is 11.8. The number of rotatable bonds is 3. The summed E-state index contributed by atoms with van der Waals surface area (Å²) in [4.78, 5) is 22.7. The first-order chi connectivity index (χ1) is 9.56. The number of amides is 2. The average Bonchev–Trinajstić information content (AvgIpc) is 2.41. The monoisotopic (exact) mass is 278 g/mol. The molecule has 6 nitrogen and oxygen atoms in total. The fourth-order valence-corrected chi connectivity index (χ4v) is 2.35. The quantitative estimate of drug-likeness (QED) is 0.677. The van der Waals surface area contributed by atoms with Gasteiger partial charge in [0.1, 0.15) is 0 Å². The van der Waals surface area contributed by atoms with Crippen LogP contribution in [0.25, 0.3) is 0 Å². The lowest BCUT2D eigenvalue weighted by molar-refractivity contribution is 0.0697. The molecular weight excluding hydrogens is 260 g/mol. The molecule has 1 aromatic carbocycles. The molecule has 108 valence electrons. The van der Waals surface area contributed by atoms with Gasteiger partial charge in [-0.05, 0) is 31.0 Å². The fourth-order valence-electron chi connectivity index (χ4n) is 2.35. The Bertz CT molecular complexity index is 504. The van der Waals surface area contributed by atoms with E-state index in [2.05, 4.69) is 10.6 Å². The van der Waals surface area contributed by atoms with Crippen LogP contribution in [0.3, 0.4) is 0 Å². The molecule has 2 amide bonds. The van der Waals surface area contributed by atoms with Crippen LogP contribution in [0, 0.1) is 0 Å². The maximum atomic E-state index is 11.8. The number of aliphatic hydroxyl groups is 1. The number of anilines is 1. The van der Waals surface area contributed by atoms with E-state index in [0.717, 1.165) is 19.3 Å². The minimum atomic E-state index is -1.04. The smallest absolute Gasteiger partial charge is 0.335 e. The van der Waals surface area contributed by atoms with Crippen molar-refractivity contribution >= 4 is 17.7 Å². The molecular formula is C14H18N2O4. The molecule has 1 aromatic rings. The summed E-state index contributed by atoms with van der Waals surface area (Å²) in [6.45, 7) is 0. The first kappa shape index (κ1) is 14.3. The van der Waals surface area contributed by atoms with Crippen LogP contribution in [-0.4, -0.2) is 34.4 Å². The Balaban J connectivity index is 1.94. The number of carboxylic acid groups (broad SMARTS) is 1. The third kappa shape index (κ3) is 3.71. The van der Waals surface area contributed by atoms with Gasteiger partial charge < -0.3 is 20.8 Å². The Labute approximate surface area is 116 Å². The number of hydrogen-bond acceptors (Lipinski definition) is 3. The van der Waals surface area contributed by atoms with E-state index in [4.69, 9.17) is 5.11 Å². The predicted molar refractivity (Wildman–Crippen MR) is 73.8 cm³/mol. The Kier molecular flexibility index (Phi) is 4.57. The van der Waals surface area contributed by atoms with E-state index in [1.807, 2.05) is 0 Å². The Morgan fingerprint density at radius 1 is 1.20 bits per heavy atom. The molecule has 0 spiro atoms. The van der Waals surface area contributed by atoms with Gasteiger partial charge in [0.2, 0.25) is 0 Å². The normalized spacial score (nSPS) is 22.1. The van der Waals surface area contributed by atoms with Crippen molar-refractivity contribution in [2.24, 2.45) is 0 Å². The van der Waals surface area contributed by atoms with E-state index in [1.54, 1.807) is 12.1 Å². The van der Waals surface area contributed by atoms with Crippen molar-refractivity contribution in [1.82, 2.24) is 5.32 Å². The Morgan fingerprint density at radius 2 is 1.95 bits per heavy atom. The van der Waals surface area contributed by atoms with Gasteiger partial charge in [0, 0.05) is 5.69 Å². The number of aliphatic hydroxyl groups excluding tert-OH is 1. The van der Waals surface area contributed by atoms with Crippen molar-refractivity contribution in [3.63, 3.8) is 0 Å². The second kappa shape index (κ2) is 6.38. The molecule has 20 heavy (non-hydrogen) atoms. The van der Waals surface area contributed by atoms with Crippen LogP contribution < -0.4 is 10.6 Å². The van der Waals surface area contributed by atoms with E-state index in [0.29, 0.717) is 12.1 Å². The SMILES string of the molecule is O=C(Nc1cccc(C(=O)O)c1)NC1CCCCC1O. The number of hydrogen-bond donors (Lipinski definition) is 4. The second-order valence-electron chi connectivity index (χ2n) is 4.94. The van der Waals surface area contributed by atoms with Gasteiger partial charge in [-0.3, -0.25) is 0 Å². The molecule has 0 heterocycles. The summed E-state index contributed by atoms with van der Waals surface area (Å²) in [6, 6.07) is 5.35. The van der Waals surface area contributed by atoms with Crippen molar-refractivity contribution in [3.8, 4) is 0 Å². The molecule has 6 heteroatoms. The molecule has 2 unspecified atom stereocenters. The molecule has 0 saturated heterocycles. The summed E-state index contributed by atoms with van der Waals surface area (Å²) >= 11 is 0. The topological polar surface area (TPSA) is 98.7 Å². The zero-order chi connectivity index (χ0) is 14.5. The first-order valence-corrected chi connectivity index (χ1v) is 6.65. The molecule has 0 aliphatic heterocycles. The van der Waals surface area contributed by atoms with Gasteiger partial charge in [-0.1, -0.05) is 18.9 Å². The van der Waals surface area contributed by atoms with Crippen LogP contribution in [0.2, 0.25) is 0 Å². The molecule has 1 fully saturated rings. The third-order valence-electron chi connectivity index (χ3n) is 3.41. The summed E-state index contributed by atoms with van der Waals surface area (Å²) < 4.78 is 0. The van der Waals surface area contributed by atoms with Gasteiger partial charge in [-0.25, -0.2) is 9.59 Å². The van der Waals surface area contributed by atoms with Crippen LogP contribution in [-0.2, 0) is 0 Å². The van der Waals surface area contributed by atoms with Crippen molar-refractivity contribution in [3.05, 3.63) is 29.8 Å². The summed E-state index contributed by atoms with van der Waals surface area (Å²) in [5, 5.41) is 24.0. The molecule has 0 bridgehead atoms. The van der Waals surface area contributed by atoms with Crippen LogP contribution in [0.15, 0.2) is 24.3 Å². The molecule has 0 radical (unpaired) electrons. The van der Waals surface area contributed by atoms with Crippen molar-refractivity contribution in [1.29, 1.82) is 0 Å². The van der Waals surface area contributed by atoms with Gasteiger partial charge in [-0.15, -0.1) is 0 Å². The lowest BCUT2D eigenvalue weighted by atomic mass is 9.93. The zero-order valence-electron chi connectivity index (χ0n) is 11.0. The van der Waals surface area contributed by atoms with Crippen molar-refractivity contribution in [2.45, 2.75) is 37.8 Å². The number of aromatic carboxylic acids is 1. The van der Waals surface area contributed by atoms with Gasteiger partial charge in [0.25, 0.3) is 0 Å². The van der Waals surface area contributed by atoms with Crippen LogP contribution in [0.5, 0.6) is 0 Å². The zero-order valence-corrected chi connectivity index (χ0v) is 11.0. The number of carbonyl (C=O) groups excluding carboxylic acids is 1. The molecule has 2 atom stereocenters. The van der Waals surface area contributed by atoms with E-state index in [1.165, 1.54) is 12.1 Å². The highest BCUT2D eigenvalue weighted by atomic mass is 16.4. The summed E-state index contributed by atoms with van der Waals surface area (Å²) in [5.74, 6) is -1.04. The standard InChI is InChI=1S/C14H18N2O4/c17-12-7-2-1-6-11(12)16-14(20)15-10-5-3-4-9(8-10)13(18)19/h3-5,8,11-12,17H,1-2,6-7H2,(H,18,19)(H2,15,16,20). The van der Waals surface area contributed by atoms with Gasteiger partial charge >= 0.3 is 12.0 Å². The minimum absolute atomic E-state index is 0.112. The molecule has 1 saturated carbocycles. The number of carbonyl (C=O) groups is 2. The average molecular weight is 278 g/mol. The highest BCUT2D eigenvalue weighted by Crippen LogP contribution is 2.18. The Hall–Kier alpha value is -2.08.